The fourth-order valence-electron chi connectivity index (χ4n) is 1.48. The molecule has 2 rings (SSSR count). The zero-order valence-corrected chi connectivity index (χ0v) is 11.9. The van der Waals surface area contributed by atoms with Crippen LogP contribution in [0.4, 0.5) is 0 Å². The lowest BCUT2D eigenvalue weighted by molar-refractivity contribution is 0.453. The maximum atomic E-state index is 5.63. The van der Waals surface area contributed by atoms with Gasteiger partial charge in [0.25, 0.3) is 0 Å². The van der Waals surface area contributed by atoms with Crippen molar-refractivity contribution >= 4 is 15.9 Å². The number of nitrogens with zero attached hydrogens (tertiary/aromatic N) is 2. The van der Waals surface area contributed by atoms with Gasteiger partial charge >= 0.3 is 0 Å². The molecule has 0 unspecified atom stereocenters. The fraction of sp³-hybridized carbons (Fsp3) is 0.231. The predicted molar refractivity (Wildman–Crippen MR) is 73.7 cm³/mol. The summed E-state index contributed by atoms with van der Waals surface area (Å²) in [6, 6.07) is 9.50. The van der Waals surface area contributed by atoms with Crippen LogP contribution >= 0.6 is 15.9 Å². The molecule has 0 radical (unpaired) electrons. The van der Waals surface area contributed by atoms with Gasteiger partial charge in [0.05, 0.1) is 5.69 Å². The van der Waals surface area contributed by atoms with Crippen molar-refractivity contribution in [2.75, 3.05) is 7.05 Å². The van der Waals surface area contributed by atoms with E-state index >= 15 is 0 Å². The van der Waals surface area contributed by atoms with Crippen LogP contribution in [0.5, 0.6) is 11.6 Å². The van der Waals surface area contributed by atoms with E-state index in [0.29, 0.717) is 12.4 Å². The summed E-state index contributed by atoms with van der Waals surface area (Å²) < 4.78 is 6.69. The molecule has 0 aliphatic carbocycles. The number of rotatable bonds is 4. The zero-order valence-electron chi connectivity index (χ0n) is 10.3. The smallest absolute Gasteiger partial charge is 0.238 e. The lowest BCUT2D eigenvalue weighted by atomic mass is 10.2. The third-order valence-electron chi connectivity index (χ3n) is 2.41. The topological polar surface area (TPSA) is 47.0 Å². The molecule has 5 heteroatoms. The standard InChI is InChI=1S/C13H14BrN3O/c1-9-7-11(4-5-12(9)14)18-13-6-3-10(8-15-2)16-17-13/h3-7,15H,8H2,1-2H3. The van der Waals surface area contributed by atoms with Gasteiger partial charge in [0, 0.05) is 17.1 Å². The van der Waals surface area contributed by atoms with Crippen LogP contribution in [0.1, 0.15) is 11.3 Å². The van der Waals surface area contributed by atoms with E-state index in [1.807, 2.05) is 44.3 Å². The number of benzene rings is 1. The van der Waals surface area contributed by atoms with Gasteiger partial charge in [-0.3, -0.25) is 0 Å². The van der Waals surface area contributed by atoms with E-state index in [9.17, 15) is 0 Å². The number of ether oxygens (including phenoxy) is 1. The summed E-state index contributed by atoms with van der Waals surface area (Å²) in [6.07, 6.45) is 0. The maximum Gasteiger partial charge on any atom is 0.238 e. The molecule has 0 fully saturated rings. The van der Waals surface area contributed by atoms with Crippen LogP contribution in [-0.4, -0.2) is 17.2 Å². The van der Waals surface area contributed by atoms with E-state index in [1.165, 1.54) is 0 Å². The highest BCUT2D eigenvalue weighted by Gasteiger charge is 2.02. The van der Waals surface area contributed by atoms with Crippen molar-refractivity contribution in [2.24, 2.45) is 0 Å². The third kappa shape index (κ3) is 3.27. The molecule has 0 bridgehead atoms. The summed E-state index contributed by atoms with van der Waals surface area (Å²) in [7, 11) is 1.87. The summed E-state index contributed by atoms with van der Waals surface area (Å²) in [6.45, 7) is 2.71. The van der Waals surface area contributed by atoms with Crippen molar-refractivity contribution in [3.63, 3.8) is 0 Å². The largest absolute Gasteiger partial charge is 0.438 e. The molecule has 94 valence electrons. The molecule has 0 saturated carbocycles. The third-order valence-corrected chi connectivity index (χ3v) is 3.29. The number of aryl methyl sites for hydroxylation is 1. The molecule has 0 aliphatic rings. The quantitative estimate of drug-likeness (QED) is 0.943. The molecule has 2 aromatic rings. The summed E-state index contributed by atoms with van der Waals surface area (Å²) in [5, 5.41) is 11.1. The van der Waals surface area contributed by atoms with Crippen LogP contribution in [-0.2, 0) is 6.54 Å². The summed E-state index contributed by atoms with van der Waals surface area (Å²) >= 11 is 3.45. The van der Waals surface area contributed by atoms with Gasteiger partial charge in [-0.2, -0.15) is 5.10 Å². The second kappa shape index (κ2) is 5.93. The summed E-state index contributed by atoms with van der Waals surface area (Å²) in [5.74, 6) is 1.25. The van der Waals surface area contributed by atoms with Crippen molar-refractivity contribution in [1.82, 2.24) is 15.5 Å². The lowest BCUT2D eigenvalue weighted by Crippen LogP contribution is -2.07. The van der Waals surface area contributed by atoms with Gasteiger partial charge in [-0.25, -0.2) is 0 Å². The molecule has 0 saturated heterocycles. The lowest BCUT2D eigenvalue weighted by Gasteiger charge is -2.06. The highest BCUT2D eigenvalue weighted by molar-refractivity contribution is 9.10. The minimum atomic E-state index is 0.497. The fourth-order valence-corrected chi connectivity index (χ4v) is 1.73. The first-order valence-electron chi connectivity index (χ1n) is 5.60. The molecule has 0 spiro atoms. The summed E-state index contributed by atoms with van der Waals surface area (Å²) in [4.78, 5) is 0. The van der Waals surface area contributed by atoms with Crippen molar-refractivity contribution in [3.05, 3.63) is 46.1 Å². The number of hydrogen-bond acceptors (Lipinski definition) is 4. The van der Waals surface area contributed by atoms with E-state index in [4.69, 9.17) is 4.74 Å². The Morgan fingerprint density at radius 2 is 2.06 bits per heavy atom. The van der Waals surface area contributed by atoms with Crippen LogP contribution in [0, 0.1) is 6.92 Å². The second-order valence-electron chi connectivity index (χ2n) is 3.91. The number of aromatic nitrogens is 2. The van der Waals surface area contributed by atoms with Crippen LogP contribution < -0.4 is 10.1 Å². The van der Waals surface area contributed by atoms with E-state index < -0.39 is 0 Å². The molecule has 1 aromatic heterocycles. The molecule has 1 heterocycles. The van der Waals surface area contributed by atoms with Crippen molar-refractivity contribution in [3.8, 4) is 11.6 Å². The molecule has 1 N–H and O–H groups in total. The van der Waals surface area contributed by atoms with Crippen LogP contribution in [0.15, 0.2) is 34.8 Å². The van der Waals surface area contributed by atoms with Crippen molar-refractivity contribution in [1.29, 1.82) is 0 Å². The first kappa shape index (κ1) is 13.0. The van der Waals surface area contributed by atoms with Crippen LogP contribution in [0.25, 0.3) is 0 Å². The first-order chi connectivity index (χ1) is 8.69. The van der Waals surface area contributed by atoms with Gasteiger partial charge in [0.15, 0.2) is 0 Å². The van der Waals surface area contributed by atoms with E-state index in [-0.39, 0.29) is 0 Å². The van der Waals surface area contributed by atoms with Gasteiger partial charge in [-0.05, 0) is 43.8 Å². The highest BCUT2D eigenvalue weighted by Crippen LogP contribution is 2.24. The number of hydrogen-bond donors (Lipinski definition) is 1. The van der Waals surface area contributed by atoms with Gasteiger partial charge in [0.1, 0.15) is 5.75 Å². The van der Waals surface area contributed by atoms with Crippen LogP contribution in [0.2, 0.25) is 0 Å². The molecule has 18 heavy (non-hydrogen) atoms. The van der Waals surface area contributed by atoms with Crippen LogP contribution in [0.3, 0.4) is 0 Å². The van der Waals surface area contributed by atoms with Crippen molar-refractivity contribution < 1.29 is 4.74 Å². The highest BCUT2D eigenvalue weighted by atomic mass is 79.9. The van der Waals surface area contributed by atoms with E-state index in [0.717, 1.165) is 21.5 Å². The van der Waals surface area contributed by atoms with Gasteiger partial charge in [0.2, 0.25) is 5.88 Å². The van der Waals surface area contributed by atoms with E-state index in [2.05, 4.69) is 31.4 Å². The normalized spacial score (nSPS) is 10.4. The Labute approximate surface area is 115 Å². The average molecular weight is 308 g/mol. The Morgan fingerprint density at radius 1 is 1.22 bits per heavy atom. The average Bonchev–Trinajstić information content (AvgIpc) is 2.37. The maximum absolute atomic E-state index is 5.63. The Hall–Kier alpha value is -1.46. The molecular weight excluding hydrogens is 294 g/mol. The monoisotopic (exact) mass is 307 g/mol. The minimum Gasteiger partial charge on any atom is -0.438 e. The van der Waals surface area contributed by atoms with Gasteiger partial charge < -0.3 is 10.1 Å². The van der Waals surface area contributed by atoms with Gasteiger partial charge in [-0.15, -0.1) is 5.10 Å². The summed E-state index contributed by atoms with van der Waals surface area (Å²) in [5.41, 5.74) is 2.00. The minimum absolute atomic E-state index is 0.497. The number of halogens is 1. The number of nitrogens with one attached hydrogen (secondary N) is 1. The Kier molecular flexibility index (Phi) is 4.28. The zero-order chi connectivity index (χ0) is 13.0. The molecule has 0 amide bonds. The molecule has 4 nitrogen and oxygen atoms in total. The second-order valence-corrected chi connectivity index (χ2v) is 4.76. The first-order valence-corrected chi connectivity index (χ1v) is 6.39. The molecule has 0 aliphatic heterocycles. The Morgan fingerprint density at radius 3 is 2.67 bits per heavy atom. The Balaban J connectivity index is 2.10. The SMILES string of the molecule is CNCc1ccc(Oc2ccc(Br)c(C)c2)nn1. The molecular formula is C13H14BrN3O. The molecule has 0 atom stereocenters. The van der Waals surface area contributed by atoms with Crippen molar-refractivity contribution in [2.45, 2.75) is 13.5 Å². The Bertz CT molecular complexity index is 528. The van der Waals surface area contributed by atoms with Gasteiger partial charge in [-0.1, -0.05) is 15.9 Å². The molecule has 1 aromatic carbocycles. The predicted octanol–water partition coefficient (Wildman–Crippen LogP) is 3.06. The van der Waals surface area contributed by atoms with E-state index in [1.54, 1.807) is 0 Å².